The van der Waals surface area contributed by atoms with Crippen molar-refractivity contribution in [3.05, 3.63) is 22.4 Å². The van der Waals surface area contributed by atoms with E-state index in [0.29, 0.717) is 5.92 Å². The molecule has 2 atom stereocenters. The second kappa shape index (κ2) is 6.94. The van der Waals surface area contributed by atoms with Gasteiger partial charge in [0, 0.05) is 24.5 Å². The summed E-state index contributed by atoms with van der Waals surface area (Å²) in [4.78, 5) is 8.27. The van der Waals surface area contributed by atoms with E-state index in [1.165, 1.54) is 17.7 Å². The SMILES string of the molecule is CC(CN=C(N)N1CCCC(C)C1)Cc1cccs1. The van der Waals surface area contributed by atoms with Crippen molar-refractivity contribution in [2.24, 2.45) is 22.6 Å². The van der Waals surface area contributed by atoms with E-state index >= 15 is 0 Å². The largest absolute Gasteiger partial charge is 0.370 e. The number of thiophene rings is 1. The van der Waals surface area contributed by atoms with Crippen molar-refractivity contribution in [2.45, 2.75) is 33.1 Å². The van der Waals surface area contributed by atoms with Gasteiger partial charge in [0.1, 0.15) is 0 Å². The molecular weight excluding hydrogens is 254 g/mol. The fraction of sp³-hybridized carbons (Fsp3) is 0.667. The third kappa shape index (κ3) is 4.53. The fourth-order valence-corrected chi connectivity index (χ4v) is 3.45. The molecular formula is C15H25N3S. The highest BCUT2D eigenvalue weighted by atomic mass is 32.1. The van der Waals surface area contributed by atoms with E-state index in [9.17, 15) is 0 Å². The van der Waals surface area contributed by atoms with Gasteiger partial charge in [-0.15, -0.1) is 11.3 Å². The van der Waals surface area contributed by atoms with Gasteiger partial charge in [-0.2, -0.15) is 0 Å². The van der Waals surface area contributed by atoms with Crippen molar-refractivity contribution in [1.82, 2.24) is 4.90 Å². The molecule has 1 aliphatic heterocycles. The van der Waals surface area contributed by atoms with Crippen molar-refractivity contribution in [3.8, 4) is 0 Å². The lowest BCUT2D eigenvalue weighted by atomic mass is 10.0. The van der Waals surface area contributed by atoms with Crippen LogP contribution in [0.2, 0.25) is 0 Å². The fourth-order valence-electron chi connectivity index (χ4n) is 2.58. The van der Waals surface area contributed by atoms with Gasteiger partial charge in [0.05, 0.1) is 0 Å². The normalized spacial score (nSPS) is 22.5. The van der Waals surface area contributed by atoms with Crippen LogP contribution < -0.4 is 5.73 Å². The van der Waals surface area contributed by atoms with Crippen LogP contribution in [-0.4, -0.2) is 30.5 Å². The molecule has 0 amide bonds. The van der Waals surface area contributed by atoms with Crippen LogP contribution in [0.4, 0.5) is 0 Å². The summed E-state index contributed by atoms with van der Waals surface area (Å²) in [5, 5.41) is 2.13. The van der Waals surface area contributed by atoms with Gasteiger partial charge in [-0.3, -0.25) is 4.99 Å². The molecule has 0 aromatic carbocycles. The van der Waals surface area contributed by atoms with Gasteiger partial charge in [0.25, 0.3) is 0 Å². The topological polar surface area (TPSA) is 41.6 Å². The first-order valence-corrected chi connectivity index (χ1v) is 8.10. The Balaban J connectivity index is 1.80. The summed E-state index contributed by atoms with van der Waals surface area (Å²) in [6.07, 6.45) is 3.66. The Kier molecular flexibility index (Phi) is 5.25. The number of guanidine groups is 1. The zero-order valence-electron chi connectivity index (χ0n) is 12.0. The molecule has 4 heteroatoms. The summed E-state index contributed by atoms with van der Waals surface area (Å²) < 4.78 is 0. The molecule has 1 saturated heterocycles. The maximum atomic E-state index is 6.11. The van der Waals surface area contributed by atoms with E-state index in [4.69, 9.17) is 5.73 Å². The number of nitrogens with zero attached hydrogens (tertiary/aromatic N) is 2. The molecule has 2 unspecified atom stereocenters. The van der Waals surface area contributed by atoms with Gasteiger partial charge < -0.3 is 10.6 Å². The molecule has 2 rings (SSSR count). The summed E-state index contributed by atoms with van der Waals surface area (Å²) in [7, 11) is 0. The molecule has 106 valence electrons. The van der Waals surface area contributed by atoms with Crippen LogP contribution in [0.3, 0.4) is 0 Å². The first-order valence-electron chi connectivity index (χ1n) is 7.22. The molecule has 19 heavy (non-hydrogen) atoms. The number of aliphatic imine (C=N–C) groups is 1. The molecule has 1 aliphatic rings. The molecule has 3 nitrogen and oxygen atoms in total. The van der Waals surface area contributed by atoms with E-state index in [2.05, 4.69) is 41.3 Å². The Morgan fingerprint density at radius 1 is 1.63 bits per heavy atom. The predicted molar refractivity (Wildman–Crippen MR) is 83.6 cm³/mol. The predicted octanol–water partition coefficient (Wildman–Crippen LogP) is 2.97. The summed E-state index contributed by atoms with van der Waals surface area (Å²) >= 11 is 1.82. The maximum absolute atomic E-state index is 6.11. The van der Waals surface area contributed by atoms with Crippen LogP contribution in [0.15, 0.2) is 22.5 Å². The van der Waals surface area contributed by atoms with Gasteiger partial charge >= 0.3 is 0 Å². The third-order valence-corrected chi connectivity index (χ3v) is 4.57. The quantitative estimate of drug-likeness (QED) is 0.680. The number of rotatable bonds is 4. The molecule has 1 aromatic heterocycles. The Morgan fingerprint density at radius 2 is 2.47 bits per heavy atom. The molecule has 1 fully saturated rings. The number of hydrogen-bond donors (Lipinski definition) is 1. The Bertz CT molecular complexity index is 400. The van der Waals surface area contributed by atoms with Gasteiger partial charge in [0.15, 0.2) is 5.96 Å². The van der Waals surface area contributed by atoms with Crippen molar-refractivity contribution in [2.75, 3.05) is 19.6 Å². The molecule has 0 spiro atoms. The number of nitrogens with two attached hydrogens (primary N) is 1. The van der Waals surface area contributed by atoms with Crippen LogP contribution in [0.5, 0.6) is 0 Å². The minimum absolute atomic E-state index is 0.555. The van der Waals surface area contributed by atoms with E-state index < -0.39 is 0 Å². The molecule has 0 saturated carbocycles. The van der Waals surface area contributed by atoms with Crippen LogP contribution in [0.25, 0.3) is 0 Å². The van der Waals surface area contributed by atoms with E-state index in [1.54, 1.807) is 0 Å². The summed E-state index contributed by atoms with van der Waals surface area (Å²) in [6, 6.07) is 4.31. The zero-order chi connectivity index (χ0) is 13.7. The van der Waals surface area contributed by atoms with Gasteiger partial charge in [0.2, 0.25) is 0 Å². The van der Waals surface area contributed by atoms with Gasteiger partial charge in [-0.05, 0) is 42.5 Å². The van der Waals surface area contributed by atoms with Crippen LogP contribution >= 0.6 is 11.3 Å². The van der Waals surface area contributed by atoms with Crippen LogP contribution in [0.1, 0.15) is 31.6 Å². The Morgan fingerprint density at radius 3 is 3.16 bits per heavy atom. The molecule has 2 heterocycles. The second-order valence-corrected chi connectivity index (χ2v) is 6.81. The highest BCUT2D eigenvalue weighted by molar-refractivity contribution is 7.09. The lowest BCUT2D eigenvalue weighted by Gasteiger charge is -2.31. The van der Waals surface area contributed by atoms with Crippen LogP contribution in [0, 0.1) is 11.8 Å². The van der Waals surface area contributed by atoms with Crippen molar-refractivity contribution in [3.63, 3.8) is 0 Å². The lowest BCUT2D eigenvalue weighted by molar-refractivity contribution is 0.270. The molecule has 0 aliphatic carbocycles. The second-order valence-electron chi connectivity index (χ2n) is 5.78. The highest BCUT2D eigenvalue weighted by Gasteiger charge is 2.17. The Hall–Kier alpha value is -1.03. The van der Waals surface area contributed by atoms with Crippen molar-refractivity contribution in [1.29, 1.82) is 0 Å². The summed E-state index contributed by atoms with van der Waals surface area (Å²) in [6.45, 7) is 7.50. The minimum Gasteiger partial charge on any atom is -0.370 e. The van der Waals surface area contributed by atoms with E-state index in [-0.39, 0.29) is 0 Å². The van der Waals surface area contributed by atoms with Gasteiger partial charge in [-0.25, -0.2) is 0 Å². The molecule has 0 radical (unpaired) electrons. The number of piperidine rings is 1. The average molecular weight is 279 g/mol. The number of hydrogen-bond acceptors (Lipinski definition) is 2. The average Bonchev–Trinajstić information content (AvgIpc) is 2.88. The highest BCUT2D eigenvalue weighted by Crippen LogP contribution is 2.16. The van der Waals surface area contributed by atoms with Crippen LogP contribution in [-0.2, 0) is 6.42 Å². The third-order valence-electron chi connectivity index (χ3n) is 3.68. The van der Waals surface area contributed by atoms with Gasteiger partial charge in [-0.1, -0.05) is 19.9 Å². The monoisotopic (exact) mass is 279 g/mol. The minimum atomic E-state index is 0.555. The zero-order valence-corrected chi connectivity index (χ0v) is 12.8. The first-order chi connectivity index (χ1) is 9.15. The standard InChI is InChI=1S/C15H25N3S/c1-12-5-3-7-18(11-12)15(16)17-10-13(2)9-14-6-4-8-19-14/h4,6,8,12-13H,3,5,7,9-11H2,1-2H3,(H2,16,17). The lowest BCUT2D eigenvalue weighted by Crippen LogP contribution is -2.43. The first kappa shape index (κ1) is 14.4. The smallest absolute Gasteiger partial charge is 0.191 e. The van der Waals surface area contributed by atoms with Crippen molar-refractivity contribution < 1.29 is 0 Å². The maximum Gasteiger partial charge on any atom is 0.191 e. The van der Waals surface area contributed by atoms with Crippen molar-refractivity contribution >= 4 is 17.3 Å². The number of likely N-dealkylation sites (tertiary alicyclic amines) is 1. The van der Waals surface area contributed by atoms with E-state index in [0.717, 1.165) is 37.9 Å². The molecule has 0 bridgehead atoms. The molecule has 1 aromatic rings. The molecule has 2 N–H and O–H groups in total. The van der Waals surface area contributed by atoms with E-state index in [1.807, 2.05) is 11.3 Å². The summed E-state index contributed by atoms with van der Waals surface area (Å²) in [5.74, 6) is 2.04. The Labute approximate surface area is 120 Å². The summed E-state index contributed by atoms with van der Waals surface area (Å²) in [5.41, 5.74) is 6.11.